The third kappa shape index (κ3) is 12.8. The molecule has 4 atom stereocenters. The second kappa shape index (κ2) is 17.1. The third-order valence-corrected chi connectivity index (χ3v) is 10.4. The van der Waals surface area contributed by atoms with Gasteiger partial charge in [-0.15, -0.1) is 5.06 Å². The van der Waals surface area contributed by atoms with Crippen LogP contribution in [0.1, 0.15) is 70.6 Å². The summed E-state index contributed by atoms with van der Waals surface area (Å²) in [6.07, 6.45) is 3.84. The number of hydrogen-bond acceptors (Lipinski definition) is 10. The number of hydroxylamine groups is 2. The molecule has 254 valence electrons. The molecule has 0 radical (unpaired) electrons. The highest BCUT2D eigenvalue weighted by Crippen LogP contribution is 2.33. The van der Waals surface area contributed by atoms with Gasteiger partial charge in [0.2, 0.25) is 17.7 Å². The van der Waals surface area contributed by atoms with Crippen LogP contribution in [-0.4, -0.2) is 120 Å². The van der Waals surface area contributed by atoms with Gasteiger partial charge >= 0.3 is 22.1 Å². The molecule has 3 rings (SSSR count). The van der Waals surface area contributed by atoms with E-state index in [1.165, 1.54) is 0 Å². The van der Waals surface area contributed by atoms with E-state index in [-0.39, 0.29) is 73.1 Å². The first-order valence-electron chi connectivity index (χ1n) is 15.3. The van der Waals surface area contributed by atoms with Crippen molar-refractivity contribution in [2.24, 2.45) is 0 Å². The van der Waals surface area contributed by atoms with Gasteiger partial charge in [-0.05, 0) is 19.3 Å². The summed E-state index contributed by atoms with van der Waals surface area (Å²) >= 11 is 1.84. The summed E-state index contributed by atoms with van der Waals surface area (Å²) in [5.74, 6) is -1.94. The Labute approximate surface area is 267 Å². The molecule has 18 heteroatoms. The number of quaternary nitrogens is 1. The molecule has 0 aromatic rings. The summed E-state index contributed by atoms with van der Waals surface area (Å²) in [4.78, 5) is 75.5. The van der Waals surface area contributed by atoms with Gasteiger partial charge in [-0.1, -0.05) is 6.42 Å². The fourth-order valence-electron chi connectivity index (χ4n) is 5.66. The van der Waals surface area contributed by atoms with Gasteiger partial charge in [-0.3, -0.25) is 23.7 Å². The highest BCUT2D eigenvalue weighted by molar-refractivity contribution is 8.00. The number of rotatable bonds is 20. The van der Waals surface area contributed by atoms with Crippen LogP contribution in [0.15, 0.2) is 0 Å². The predicted molar refractivity (Wildman–Crippen MR) is 163 cm³/mol. The lowest BCUT2D eigenvalue weighted by molar-refractivity contribution is -0.898. The van der Waals surface area contributed by atoms with Crippen molar-refractivity contribution in [3.63, 3.8) is 0 Å². The third-order valence-electron chi connectivity index (χ3n) is 7.93. The van der Waals surface area contributed by atoms with Crippen LogP contribution in [0.3, 0.4) is 0 Å². The normalized spacial score (nSPS) is 22.4. The van der Waals surface area contributed by atoms with Gasteiger partial charge in [-0.2, -0.15) is 20.2 Å². The van der Waals surface area contributed by atoms with Crippen LogP contribution in [0.4, 0.5) is 4.79 Å². The maximum Gasteiger partial charge on any atom is 0.333 e. The summed E-state index contributed by atoms with van der Waals surface area (Å²) in [5, 5.41) is 12.3. The Morgan fingerprint density at radius 3 is 2.13 bits per heavy atom. The number of carbonyl (C=O) groups excluding carboxylic acids is 6. The maximum absolute atomic E-state index is 12.3. The Morgan fingerprint density at radius 2 is 1.53 bits per heavy atom. The van der Waals surface area contributed by atoms with E-state index in [9.17, 15) is 41.7 Å². The molecule has 6 amide bonds. The summed E-state index contributed by atoms with van der Waals surface area (Å²) in [6.45, 7) is 1.33. The van der Waals surface area contributed by atoms with Gasteiger partial charge in [0.05, 0.1) is 32.2 Å². The van der Waals surface area contributed by atoms with Crippen molar-refractivity contribution in [3.8, 4) is 0 Å². The van der Waals surface area contributed by atoms with Crippen LogP contribution in [0.2, 0.25) is 0 Å². The average Bonchev–Trinajstić information content (AvgIpc) is 3.60. The highest BCUT2D eigenvalue weighted by atomic mass is 32.2. The molecule has 0 aromatic carbocycles. The average molecular weight is 678 g/mol. The van der Waals surface area contributed by atoms with Crippen molar-refractivity contribution in [3.05, 3.63) is 0 Å². The molecule has 3 aliphatic heterocycles. The Morgan fingerprint density at radius 1 is 0.933 bits per heavy atom. The summed E-state index contributed by atoms with van der Waals surface area (Å²) < 4.78 is 32.8. The van der Waals surface area contributed by atoms with Gasteiger partial charge < -0.3 is 30.6 Å². The van der Waals surface area contributed by atoms with Crippen molar-refractivity contribution in [1.29, 1.82) is 0 Å². The Kier molecular flexibility index (Phi) is 13.9. The number of hydrogen-bond donors (Lipinski definition) is 5. The fourth-order valence-corrected chi connectivity index (χ4v) is 8.25. The lowest BCUT2D eigenvalue weighted by atomic mass is 10.0. The number of amides is 6. The van der Waals surface area contributed by atoms with E-state index < -0.39 is 33.8 Å². The second-order valence-electron chi connectivity index (χ2n) is 12.0. The summed E-state index contributed by atoms with van der Waals surface area (Å²) in [5.41, 5.74) is 0. The Bertz CT molecular complexity index is 1200. The zero-order valence-corrected chi connectivity index (χ0v) is 27.2. The van der Waals surface area contributed by atoms with E-state index in [1.807, 2.05) is 11.8 Å². The molecule has 0 aliphatic carbocycles. The molecule has 3 aliphatic rings. The number of imide groups is 1. The number of fused-ring (bicyclic) bond motifs is 1. The number of thioether (sulfide) groups is 1. The smallest absolute Gasteiger partial charge is 0.333 e. The molecule has 0 spiro atoms. The SMILES string of the molecule is C[N+](CCCNC(=O)CCCCC1SCC2NC(=O)NC21)(CCCNC(=O)CCCC(=O)ON1C(=O)CCC1=O)CS(=O)(=O)O. The van der Waals surface area contributed by atoms with Crippen molar-refractivity contribution in [2.45, 2.75) is 88.0 Å². The molecular formula is C27H45N6O10S2+. The zero-order valence-electron chi connectivity index (χ0n) is 25.6. The number of urea groups is 1. The van der Waals surface area contributed by atoms with Crippen molar-refractivity contribution in [2.75, 3.05) is 44.9 Å². The van der Waals surface area contributed by atoms with Crippen LogP contribution >= 0.6 is 11.8 Å². The van der Waals surface area contributed by atoms with E-state index in [2.05, 4.69) is 21.3 Å². The van der Waals surface area contributed by atoms with E-state index in [0.29, 0.717) is 49.2 Å². The minimum Gasteiger partial charge on any atom is -0.356 e. The van der Waals surface area contributed by atoms with Gasteiger partial charge in [0.15, 0.2) is 0 Å². The number of nitrogens with zero attached hydrogens (tertiary/aromatic N) is 2. The largest absolute Gasteiger partial charge is 0.356 e. The first kappa shape index (κ1) is 36.5. The van der Waals surface area contributed by atoms with Crippen molar-refractivity contribution < 1.29 is 51.1 Å². The second-order valence-corrected chi connectivity index (χ2v) is 14.6. The Hall–Kier alpha value is -2.96. The summed E-state index contributed by atoms with van der Waals surface area (Å²) in [7, 11) is -2.59. The van der Waals surface area contributed by atoms with E-state index in [4.69, 9.17) is 4.84 Å². The molecule has 3 heterocycles. The molecule has 0 aromatic heterocycles. The lowest BCUT2D eigenvalue weighted by Gasteiger charge is -2.33. The van der Waals surface area contributed by atoms with Crippen LogP contribution in [0.5, 0.6) is 0 Å². The fraction of sp³-hybridized carbons (Fsp3) is 0.778. The number of nitrogens with one attached hydrogen (secondary N) is 4. The molecule has 3 saturated heterocycles. The summed E-state index contributed by atoms with van der Waals surface area (Å²) in [6, 6.07) is 0.213. The van der Waals surface area contributed by atoms with Gasteiger partial charge in [0, 0.05) is 69.0 Å². The molecular weight excluding hydrogens is 632 g/mol. The number of unbranched alkanes of at least 4 members (excludes halogenated alkanes) is 1. The standard InChI is InChI=1S/C27H44N6O10S2/c1-33(18-45(40,41)42,16-6-14-29-22(35)9-4-10-25(38)43-32-23(36)11-12-24(32)37)15-5-13-28-21(34)8-3-2-7-20-26-19(17-44-20)30-27(39)31-26/h19-20,26H,2-18H2,1H3,(H4-,28,29,30,31,34,35,39,40,41,42)/p+1. The molecule has 4 unspecified atom stereocenters. The first-order valence-corrected chi connectivity index (χ1v) is 18.0. The predicted octanol–water partition coefficient (Wildman–Crippen LogP) is -0.206. The van der Waals surface area contributed by atoms with Crippen molar-refractivity contribution >= 4 is 57.5 Å². The van der Waals surface area contributed by atoms with E-state index >= 15 is 0 Å². The van der Waals surface area contributed by atoms with Gasteiger partial charge in [0.25, 0.3) is 11.8 Å². The molecule has 0 bridgehead atoms. The topological polar surface area (TPSA) is 217 Å². The minimum atomic E-state index is -4.28. The van der Waals surface area contributed by atoms with Gasteiger partial charge in [-0.25, -0.2) is 9.59 Å². The first-order chi connectivity index (χ1) is 21.2. The van der Waals surface area contributed by atoms with Gasteiger partial charge in [0.1, 0.15) is 0 Å². The number of carbonyl (C=O) groups is 6. The molecule has 0 saturated carbocycles. The van der Waals surface area contributed by atoms with E-state index in [1.54, 1.807) is 7.05 Å². The van der Waals surface area contributed by atoms with E-state index in [0.717, 1.165) is 25.0 Å². The molecule has 45 heavy (non-hydrogen) atoms. The lowest BCUT2D eigenvalue weighted by Crippen LogP contribution is -2.50. The quantitative estimate of drug-likeness (QED) is 0.0374. The Balaban J connectivity index is 1.25. The van der Waals surface area contributed by atoms with Crippen LogP contribution in [0.25, 0.3) is 0 Å². The van der Waals surface area contributed by atoms with Crippen molar-refractivity contribution in [1.82, 2.24) is 26.3 Å². The van der Waals surface area contributed by atoms with Crippen LogP contribution < -0.4 is 21.3 Å². The monoisotopic (exact) mass is 677 g/mol. The molecule has 3 fully saturated rings. The molecule has 16 nitrogen and oxygen atoms in total. The maximum atomic E-state index is 12.3. The van der Waals surface area contributed by atoms with Crippen LogP contribution in [0, 0.1) is 0 Å². The molecule has 5 N–H and O–H groups in total. The minimum absolute atomic E-state index is 0.00280. The van der Waals surface area contributed by atoms with Crippen LogP contribution in [-0.2, 0) is 38.9 Å². The zero-order chi connectivity index (χ0) is 33.0. The highest BCUT2D eigenvalue weighted by Gasteiger charge is 2.42.